The average molecular weight is 329 g/mol. The molecule has 1 rings (SSSR count). The van der Waals surface area contributed by atoms with Crippen LogP contribution in [0.2, 0.25) is 0 Å². The lowest BCUT2D eigenvalue weighted by Crippen LogP contribution is -2.32. The Hall–Kier alpha value is -1.11. The van der Waals surface area contributed by atoms with E-state index in [1.165, 1.54) is 26.4 Å². The number of methoxy groups -OCH3 is 1. The Morgan fingerprint density at radius 2 is 2.00 bits per heavy atom. The van der Waals surface area contributed by atoms with Crippen molar-refractivity contribution in [3.05, 3.63) is 23.8 Å². The van der Waals surface area contributed by atoms with Crippen LogP contribution in [0.3, 0.4) is 0 Å². The minimum atomic E-state index is -2.02. The van der Waals surface area contributed by atoms with Crippen LogP contribution in [0, 0.1) is 0 Å². The molecule has 0 spiro atoms. The van der Waals surface area contributed by atoms with Gasteiger partial charge in [-0.1, -0.05) is 45.1 Å². The summed E-state index contributed by atoms with van der Waals surface area (Å²) in [5.41, 5.74) is 0.964. The van der Waals surface area contributed by atoms with Crippen molar-refractivity contribution in [1.82, 2.24) is 4.72 Å². The summed E-state index contributed by atoms with van der Waals surface area (Å²) in [4.78, 5) is 0. The van der Waals surface area contributed by atoms with E-state index in [4.69, 9.17) is 9.29 Å². The molecule has 0 saturated heterocycles. The summed E-state index contributed by atoms with van der Waals surface area (Å²) in [7, 11) is 1.51. The summed E-state index contributed by atoms with van der Waals surface area (Å²) in [5.74, 6) is 0.519. The van der Waals surface area contributed by atoms with Crippen LogP contribution >= 0.6 is 0 Å². The third-order valence-electron chi connectivity index (χ3n) is 3.65. The lowest BCUT2D eigenvalue weighted by molar-refractivity contribution is 0.372. The molecular formula is C16H27NO4S. The molecule has 2 unspecified atom stereocenters. The molecule has 0 amide bonds. The smallest absolute Gasteiger partial charge is 0.231 e. The van der Waals surface area contributed by atoms with Gasteiger partial charge in [0.05, 0.1) is 7.11 Å². The predicted molar refractivity (Wildman–Crippen MR) is 89.4 cm³/mol. The van der Waals surface area contributed by atoms with E-state index in [1.807, 2.05) is 6.07 Å². The van der Waals surface area contributed by atoms with Crippen LogP contribution < -0.4 is 9.46 Å². The normalized spacial score (nSPS) is 13.8. The van der Waals surface area contributed by atoms with E-state index in [-0.39, 0.29) is 11.8 Å². The Morgan fingerprint density at radius 1 is 1.27 bits per heavy atom. The fourth-order valence-corrected chi connectivity index (χ4v) is 2.96. The Balaban J connectivity index is 2.58. The molecule has 0 bridgehead atoms. The molecule has 126 valence electrons. The van der Waals surface area contributed by atoms with Crippen LogP contribution in [0.15, 0.2) is 18.2 Å². The van der Waals surface area contributed by atoms with Crippen molar-refractivity contribution in [3.63, 3.8) is 0 Å². The molecule has 0 aromatic heterocycles. The first-order chi connectivity index (χ1) is 10.6. The van der Waals surface area contributed by atoms with Crippen molar-refractivity contribution in [1.29, 1.82) is 0 Å². The van der Waals surface area contributed by atoms with E-state index in [2.05, 4.69) is 11.6 Å². The Kier molecular flexibility index (Phi) is 9.11. The summed E-state index contributed by atoms with van der Waals surface area (Å²) in [5, 5.41) is 9.61. The van der Waals surface area contributed by atoms with E-state index in [9.17, 15) is 9.32 Å². The second-order valence-corrected chi connectivity index (χ2v) is 6.21. The maximum Gasteiger partial charge on any atom is 0.231 e. The van der Waals surface area contributed by atoms with Gasteiger partial charge in [0.25, 0.3) is 0 Å². The number of phenolic OH excluding ortho intramolecular Hbond substituents is 1. The minimum absolute atomic E-state index is 0.0679. The monoisotopic (exact) mass is 329 g/mol. The molecule has 0 radical (unpaired) electrons. The summed E-state index contributed by atoms with van der Waals surface area (Å²) in [6.07, 6.45) is 7.29. The van der Waals surface area contributed by atoms with E-state index >= 15 is 0 Å². The second kappa shape index (κ2) is 10.6. The van der Waals surface area contributed by atoms with Gasteiger partial charge in [0.15, 0.2) is 11.5 Å². The molecule has 0 heterocycles. The highest BCUT2D eigenvalue weighted by molar-refractivity contribution is 7.77. The van der Waals surface area contributed by atoms with Crippen LogP contribution in [-0.2, 0) is 17.7 Å². The molecule has 0 aliphatic heterocycles. The third kappa shape index (κ3) is 7.24. The van der Waals surface area contributed by atoms with Crippen molar-refractivity contribution < 1.29 is 18.6 Å². The quantitative estimate of drug-likeness (QED) is 0.429. The van der Waals surface area contributed by atoms with Crippen molar-refractivity contribution >= 4 is 11.3 Å². The number of rotatable bonds is 11. The van der Waals surface area contributed by atoms with E-state index < -0.39 is 11.3 Å². The predicted octanol–water partition coefficient (Wildman–Crippen LogP) is 3.40. The Labute approximate surface area is 135 Å². The molecule has 22 heavy (non-hydrogen) atoms. The number of ether oxygens (including phenoxy) is 1. The maximum absolute atomic E-state index is 11.0. The van der Waals surface area contributed by atoms with Crippen molar-refractivity contribution in [2.45, 2.75) is 57.9 Å². The fraction of sp³-hybridized carbons (Fsp3) is 0.625. The van der Waals surface area contributed by atoms with E-state index in [0.717, 1.165) is 24.8 Å². The zero-order chi connectivity index (χ0) is 16.4. The number of nitrogens with one attached hydrogen (secondary N) is 1. The molecule has 5 nitrogen and oxygen atoms in total. The van der Waals surface area contributed by atoms with E-state index in [0.29, 0.717) is 12.2 Å². The van der Waals surface area contributed by atoms with Gasteiger partial charge in [-0.25, -0.2) is 8.93 Å². The molecule has 1 aromatic carbocycles. The van der Waals surface area contributed by atoms with Gasteiger partial charge in [-0.15, -0.1) is 0 Å². The van der Waals surface area contributed by atoms with Crippen LogP contribution in [0.25, 0.3) is 0 Å². The summed E-state index contributed by atoms with van der Waals surface area (Å²) >= 11 is -2.02. The third-order valence-corrected chi connectivity index (χ3v) is 4.18. The van der Waals surface area contributed by atoms with E-state index in [1.54, 1.807) is 12.1 Å². The maximum atomic E-state index is 11.0. The molecule has 0 aliphatic rings. The SMILES string of the molecule is CCCCCCCC(Cc1ccc(O)c(OC)c1)NS(=O)O. The topological polar surface area (TPSA) is 78.8 Å². The summed E-state index contributed by atoms with van der Waals surface area (Å²) < 4.78 is 27.9. The van der Waals surface area contributed by atoms with Crippen LogP contribution in [0.1, 0.15) is 51.0 Å². The number of unbranched alkanes of at least 4 members (excludes halogenated alkanes) is 4. The summed E-state index contributed by atoms with van der Waals surface area (Å²) in [6.45, 7) is 2.18. The minimum Gasteiger partial charge on any atom is -0.504 e. The highest BCUT2D eigenvalue weighted by Gasteiger charge is 2.13. The van der Waals surface area contributed by atoms with Crippen LogP contribution in [0.5, 0.6) is 11.5 Å². The first-order valence-corrected chi connectivity index (χ1v) is 8.90. The van der Waals surface area contributed by atoms with Gasteiger partial charge >= 0.3 is 0 Å². The number of phenols is 1. The number of hydrogen-bond acceptors (Lipinski definition) is 3. The molecule has 0 aliphatic carbocycles. The van der Waals surface area contributed by atoms with Crippen LogP contribution in [0.4, 0.5) is 0 Å². The molecule has 0 fully saturated rings. The zero-order valence-electron chi connectivity index (χ0n) is 13.4. The lowest BCUT2D eigenvalue weighted by atomic mass is 10.00. The van der Waals surface area contributed by atoms with Gasteiger partial charge in [0.2, 0.25) is 11.3 Å². The molecule has 1 aromatic rings. The summed E-state index contributed by atoms with van der Waals surface area (Å²) in [6, 6.07) is 5.09. The van der Waals surface area contributed by atoms with Gasteiger partial charge in [0.1, 0.15) is 0 Å². The van der Waals surface area contributed by atoms with Gasteiger partial charge in [0, 0.05) is 6.04 Å². The van der Waals surface area contributed by atoms with Gasteiger partial charge < -0.3 is 9.84 Å². The van der Waals surface area contributed by atoms with Crippen molar-refractivity contribution in [2.75, 3.05) is 7.11 Å². The number of benzene rings is 1. The standard InChI is InChI=1S/C16H27NO4S/c1-3-4-5-6-7-8-14(17-22(19)20)11-13-9-10-15(18)16(12-13)21-2/h9-10,12,14,17-18H,3-8,11H2,1-2H3,(H,19,20). The molecule has 2 atom stereocenters. The Morgan fingerprint density at radius 3 is 2.64 bits per heavy atom. The first kappa shape index (κ1) is 18.9. The Bertz CT molecular complexity index is 467. The highest BCUT2D eigenvalue weighted by atomic mass is 32.2. The van der Waals surface area contributed by atoms with Gasteiger partial charge in [-0.2, -0.15) is 0 Å². The highest BCUT2D eigenvalue weighted by Crippen LogP contribution is 2.27. The molecule has 6 heteroatoms. The number of hydrogen-bond donors (Lipinski definition) is 3. The average Bonchev–Trinajstić information content (AvgIpc) is 2.48. The number of aromatic hydroxyl groups is 1. The van der Waals surface area contributed by atoms with Crippen molar-refractivity contribution in [2.24, 2.45) is 0 Å². The molecule has 0 saturated carbocycles. The zero-order valence-corrected chi connectivity index (χ0v) is 14.2. The molecule has 3 N–H and O–H groups in total. The second-order valence-electron chi connectivity index (χ2n) is 5.48. The largest absolute Gasteiger partial charge is 0.504 e. The fourth-order valence-electron chi connectivity index (χ4n) is 2.47. The van der Waals surface area contributed by atoms with Gasteiger partial charge in [-0.3, -0.25) is 4.55 Å². The van der Waals surface area contributed by atoms with Gasteiger partial charge in [-0.05, 0) is 30.5 Å². The lowest BCUT2D eigenvalue weighted by Gasteiger charge is -2.17. The van der Waals surface area contributed by atoms with Crippen molar-refractivity contribution in [3.8, 4) is 11.5 Å². The van der Waals surface area contributed by atoms with Crippen LogP contribution in [-0.4, -0.2) is 27.0 Å². The molecular weight excluding hydrogens is 302 g/mol. The first-order valence-electron chi connectivity index (χ1n) is 7.79.